The highest BCUT2D eigenvalue weighted by molar-refractivity contribution is 7.46. The zero-order chi connectivity index (χ0) is 23.2. The average molecular weight is 489 g/mol. The SMILES string of the molecule is Nc1nc2c(c(=O)[nH]1)n(Cc1ccc(Cl)cc1)c[n+]2[C@@H]1O[C@H](COP(=O)(O)O)[C@@H](O)[C@H]1O. The van der Waals surface area contributed by atoms with E-state index in [-0.39, 0.29) is 23.7 Å². The highest BCUT2D eigenvalue weighted by atomic mass is 35.5. The standard InChI is InChI=1S/C17H19ClN5O8P/c18-9-3-1-8(2-4-9)5-22-7-23(14-11(22)15(26)21-17(19)20-14)16-13(25)12(24)10(31-16)6-30-32(27,28)29/h1-4,7,10,12-13,16,24-25H,5-6H2,(H4-,19,20,21,26,27,28,29)/p+1/t10-,12-,13-,16-/m1/s1. The van der Waals surface area contributed by atoms with Crippen LogP contribution in [0.25, 0.3) is 11.2 Å². The first-order valence-corrected chi connectivity index (χ1v) is 11.2. The molecule has 0 aliphatic carbocycles. The molecule has 0 unspecified atom stereocenters. The Bertz CT molecular complexity index is 1240. The Morgan fingerprint density at radius 1 is 1.28 bits per heavy atom. The van der Waals surface area contributed by atoms with Crippen molar-refractivity contribution in [3.63, 3.8) is 0 Å². The third-order valence-corrected chi connectivity index (χ3v) is 5.71. The van der Waals surface area contributed by atoms with Gasteiger partial charge in [-0.2, -0.15) is 0 Å². The first kappa shape index (κ1) is 22.8. The van der Waals surface area contributed by atoms with Crippen LogP contribution in [0.5, 0.6) is 0 Å². The molecule has 0 amide bonds. The molecule has 1 aliphatic heterocycles. The van der Waals surface area contributed by atoms with Crippen molar-refractivity contribution in [2.24, 2.45) is 0 Å². The van der Waals surface area contributed by atoms with E-state index in [4.69, 9.17) is 31.9 Å². The van der Waals surface area contributed by atoms with Crippen molar-refractivity contribution < 1.29 is 38.4 Å². The van der Waals surface area contributed by atoms with Crippen molar-refractivity contribution in [3.05, 3.63) is 51.5 Å². The number of phosphoric acid groups is 1. The minimum Gasteiger partial charge on any atom is -0.387 e. The quantitative estimate of drug-likeness (QED) is 0.185. The topological polar surface area (TPSA) is 197 Å². The number of rotatable bonds is 6. The minimum atomic E-state index is -4.81. The second-order valence-corrected chi connectivity index (χ2v) is 8.91. The number of hydrogen-bond donors (Lipinski definition) is 6. The van der Waals surface area contributed by atoms with Crippen LogP contribution in [-0.2, 0) is 20.4 Å². The Balaban J connectivity index is 1.73. The summed E-state index contributed by atoms with van der Waals surface area (Å²) in [6, 6.07) is 6.95. The number of nitrogens with zero attached hydrogens (tertiary/aromatic N) is 3. The van der Waals surface area contributed by atoms with E-state index in [9.17, 15) is 19.6 Å². The van der Waals surface area contributed by atoms with Gasteiger partial charge in [0.15, 0.2) is 6.33 Å². The van der Waals surface area contributed by atoms with Gasteiger partial charge in [-0.3, -0.25) is 18.9 Å². The van der Waals surface area contributed by atoms with Gasteiger partial charge in [0.05, 0.1) is 13.2 Å². The Morgan fingerprint density at radius 3 is 2.62 bits per heavy atom. The number of nitrogens with two attached hydrogens (primary N) is 1. The number of nitrogen functional groups attached to an aromatic ring is 1. The lowest BCUT2D eigenvalue weighted by Gasteiger charge is -2.14. The molecule has 172 valence electrons. The van der Waals surface area contributed by atoms with Crippen LogP contribution in [0.4, 0.5) is 5.95 Å². The molecular formula is C17H20ClN5O8P+. The van der Waals surface area contributed by atoms with Crippen molar-refractivity contribution in [2.45, 2.75) is 31.1 Å². The first-order chi connectivity index (χ1) is 15.0. The van der Waals surface area contributed by atoms with E-state index < -0.39 is 44.5 Å². The van der Waals surface area contributed by atoms with Crippen molar-refractivity contribution >= 4 is 36.5 Å². The molecule has 7 N–H and O–H groups in total. The Morgan fingerprint density at radius 2 is 1.97 bits per heavy atom. The number of hydrogen-bond acceptors (Lipinski definition) is 8. The number of aliphatic hydroxyl groups is 2. The van der Waals surface area contributed by atoms with Gasteiger partial charge in [0.2, 0.25) is 11.7 Å². The van der Waals surface area contributed by atoms with Crippen molar-refractivity contribution in [3.8, 4) is 0 Å². The molecule has 32 heavy (non-hydrogen) atoms. The normalized spacial score (nSPS) is 23.8. The number of benzene rings is 1. The Labute approximate surface area is 184 Å². The fraction of sp³-hybridized carbons (Fsp3) is 0.353. The number of aromatic amines is 1. The van der Waals surface area contributed by atoms with Gasteiger partial charge in [-0.15, -0.1) is 0 Å². The van der Waals surface area contributed by atoms with Crippen LogP contribution < -0.4 is 15.9 Å². The summed E-state index contributed by atoms with van der Waals surface area (Å²) in [6.45, 7) is -0.426. The molecule has 0 spiro atoms. The van der Waals surface area contributed by atoms with Gasteiger partial charge in [-0.1, -0.05) is 28.7 Å². The van der Waals surface area contributed by atoms with Gasteiger partial charge < -0.3 is 30.5 Å². The van der Waals surface area contributed by atoms with E-state index in [1.165, 1.54) is 10.9 Å². The van der Waals surface area contributed by atoms with Crippen LogP contribution in [0.3, 0.4) is 0 Å². The molecule has 4 atom stereocenters. The summed E-state index contributed by atoms with van der Waals surface area (Å²) in [5.41, 5.74) is 6.19. The number of ether oxygens (including phenoxy) is 1. The molecule has 1 aromatic carbocycles. The molecule has 2 aromatic heterocycles. The maximum absolute atomic E-state index is 12.6. The number of H-pyrrole nitrogens is 1. The summed E-state index contributed by atoms with van der Waals surface area (Å²) in [7, 11) is -4.81. The predicted octanol–water partition coefficient (Wildman–Crippen LogP) is -0.976. The fourth-order valence-electron chi connectivity index (χ4n) is 3.53. The summed E-state index contributed by atoms with van der Waals surface area (Å²) in [4.78, 5) is 37.0. The number of nitrogens with one attached hydrogen (secondary N) is 1. The van der Waals surface area contributed by atoms with Gasteiger partial charge in [-0.05, 0) is 17.7 Å². The van der Waals surface area contributed by atoms with Crippen molar-refractivity contribution in [1.82, 2.24) is 14.5 Å². The van der Waals surface area contributed by atoms with Gasteiger partial charge in [0, 0.05) is 5.02 Å². The zero-order valence-electron chi connectivity index (χ0n) is 16.3. The van der Waals surface area contributed by atoms with E-state index >= 15 is 0 Å². The number of fused-ring (bicyclic) bond motifs is 1. The average Bonchev–Trinajstić information content (AvgIpc) is 3.19. The maximum atomic E-state index is 12.6. The molecular weight excluding hydrogens is 469 g/mol. The molecule has 4 rings (SSSR count). The fourth-order valence-corrected chi connectivity index (χ4v) is 4.00. The zero-order valence-corrected chi connectivity index (χ0v) is 17.9. The number of aliphatic hydroxyl groups excluding tert-OH is 2. The Kier molecular flexibility index (Phi) is 6.09. The van der Waals surface area contributed by atoms with Gasteiger partial charge >= 0.3 is 13.5 Å². The third-order valence-electron chi connectivity index (χ3n) is 4.97. The molecule has 1 fully saturated rings. The molecule has 1 saturated heterocycles. The van der Waals surface area contributed by atoms with E-state index in [0.29, 0.717) is 5.02 Å². The summed E-state index contributed by atoms with van der Waals surface area (Å²) in [6.07, 6.45) is -4.05. The van der Waals surface area contributed by atoms with E-state index in [1.807, 2.05) is 0 Å². The van der Waals surface area contributed by atoms with Crippen molar-refractivity contribution in [2.75, 3.05) is 12.3 Å². The highest BCUT2D eigenvalue weighted by Crippen LogP contribution is 2.37. The van der Waals surface area contributed by atoms with Crippen LogP contribution in [0, 0.1) is 0 Å². The van der Waals surface area contributed by atoms with E-state index in [0.717, 1.165) is 5.56 Å². The monoisotopic (exact) mass is 488 g/mol. The summed E-state index contributed by atoms with van der Waals surface area (Å²) >= 11 is 5.92. The number of phosphoric ester groups is 1. The third kappa shape index (κ3) is 4.56. The lowest BCUT2D eigenvalue weighted by atomic mass is 10.1. The van der Waals surface area contributed by atoms with Gasteiger partial charge in [0.25, 0.3) is 11.5 Å². The van der Waals surface area contributed by atoms with E-state index in [2.05, 4.69) is 14.5 Å². The number of aromatic nitrogens is 4. The predicted molar refractivity (Wildman–Crippen MR) is 109 cm³/mol. The molecule has 1 aliphatic rings. The summed E-state index contributed by atoms with van der Waals surface area (Å²) in [5, 5.41) is 21.4. The lowest BCUT2D eigenvalue weighted by molar-refractivity contribution is -0.745. The molecule has 13 nitrogen and oxygen atoms in total. The molecule has 3 aromatic rings. The molecule has 0 saturated carbocycles. The first-order valence-electron chi connectivity index (χ1n) is 9.29. The molecule has 15 heteroatoms. The van der Waals surface area contributed by atoms with Crippen LogP contribution in [0.1, 0.15) is 11.8 Å². The van der Waals surface area contributed by atoms with Crippen molar-refractivity contribution in [1.29, 1.82) is 0 Å². The number of anilines is 1. The maximum Gasteiger partial charge on any atom is 0.469 e. The van der Waals surface area contributed by atoms with Crippen LogP contribution in [-0.4, -0.2) is 59.5 Å². The summed E-state index contributed by atoms with van der Waals surface area (Å²) in [5.74, 6) is -0.171. The van der Waals surface area contributed by atoms with E-state index in [1.54, 1.807) is 28.8 Å². The second kappa shape index (κ2) is 8.54. The minimum absolute atomic E-state index is 0.0769. The summed E-state index contributed by atoms with van der Waals surface area (Å²) < 4.78 is 23.8. The molecule has 3 heterocycles. The molecule has 0 bridgehead atoms. The largest absolute Gasteiger partial charge is 0.469 e. The highest BCUT2D eigenvalue weighted by Gasteiger charge is 2.47. The number of imidazole rings is 1. The Hall–Kier alpha value is -2.35. The van der Waals surface area contributed by atoms with Crippen LogP contribution in [0.15, 0.2) is 35.4 Å². The lowest BCUT2D eigenvalue weighted by Crippen LogP contribution is -2.46. The number of halogens is 1. The smallest absolute Gasteiger partial charge is 0.387 e. The van der Waals surface area contributed by atoms with Crippen LogP contribution >= 0.6 is 19.4 Å². The molecule has 0 radical (unpaired) electrons. The van der Waals surface area contributed by atoms with Gasteiger partial charge in [0.1, 0.15) is 18.3 Å². The second-order valence-electron chi connectivity index (χ2n) is 7.23. The van der Waals surface area contributed by atoms with Crippen LogP contribution in [0.2, 0.25) is 5.02 Å². The van der Waals surface area contributed by atoms with Gasteiger partial charge in [-0.25, -0.2) is 9.13 Å².